The Morgan fingerprint density at radius 2 is 0.678 bits per heavy atom. The molecule has 0 saturated carbocycles. The Bertz CT molecular complexity index is 3730. The van der Waals surface area contributed by atoms with Gasteiger partial charge in [0.15, 0.2) is 0 Å². The summed E-state index contributed by atoms with van der Waals surface area (Å²) in [6.45, 7) is 12.3. The molecule has 8 aromatic carbocycles. The van der Waals surface area contributed by atoms with Crippen LogP contribution in [0.5, 0.6) is 23.0 Å². The smallest absolute Gasteiger partial charge is 0.338 e. The Labute approximate surface area is 503 Å². The van der Waals surface area contributed by atoms with Gasteiger partial charge in [0.2, 0.25) is 0 Å². The molecule has 0 saturated heterocycles. The topological polar surface area (TPSA) is 223 Å². The number of hydrogen-bond donors (Lipinski definition) is 4. The molecule has 446 valence electrons. The van der Waals surface area contributed by atoms with Crippen LogP contribution in [0.4, 0.5) is 0 Å². The van der Waals surface area contributed by atoms with Crippen molar-refractivity contribution in [2.75, 3.05) is 52.9 Å². The molecular formula is C71H66O16. The molecule has 0 aliphatic rings. The highest BCUT2D eigenvalue weighted by Crippen LogP contribution is 2.39. The molecule has 4 N–H and O–H groups in total. The van der Waals surface area contributed by atoms with Crippen LogP contribution < -0.4 is 18.9 Å². The minimum atomic E-state index is -1.28. The lowest BCUT2D eigenvalue weighted by molar-refractivity contribution is -0.141. The van der Waals surface area contributed by atoms with Crippen LogP contribution in [0.25, 0.3) is 51.9 Å². The summed E-state index contributed by atoms with van der Waals surface area (Å²) in [7, 11) is 0. The van der Waals surface area contributed by atoms with E-state index < -0.39 is 61.5 Å². The molecule has 8 aromatic rings. The van der Waals surface area contributed by atoms with Gasteiger partial charge in [-0.15, -0.1) is 0 Å². The van der Waals surface area contributed by atoms with Crippen molar-refractivity contribution < 1.29 is 77.5 Å². The summed E-state index contributed by atoms with van der Waals surface area (Å²) in [6.07, 6.45) is 4.56. The molecule has 0 aliphatic heterocycles. The molecule has 0 aromatic heterocycles. The molecule has 0 aliphatic carbocycles. The van der Waals surface area contributed by atoms with Crippen LogP contribution in [-0.2, 0) is 30.2 Å². The average molecular weight is 1180 g/mol. The van der Waals surface area contributed by atoms with Crippen molar-refractivity contribution in [1.82, 2.24) is 0 Å². The van der Waals surface area contributed by atoms with E-state index >= 15 is 0 Å². The second-order valence-corrected chi connectivity index (χ2v) is 20.0. The number of carbonyl (C=O) groups excluding carboxylic acids is 4. The van der Waals surface area contributed by atoms with Gasteiger partial charge in [-0.1, -0.05) is 136 Å². The zero-order chi connectivity index (χ0) is 61.7. The van der Waals surface area contributed by atoms with Gasteiger partial charge in [-0.2, -0.15) is 0 Å². The van der Waals surface area contributed by atoms with Gasteiger partial charge in [0.1, 0.15) is 100 Å². The number of rotatable bonds is 31. The van der Waals surface area contributed by atoms with Crippen LogP contribution in [-0.4, -0.2) is 122 Å². The second kappa shape index (κ2) is 31.2. The Balaban J connectivity index is 1.06. The molecule has 0 spiro atoms. The lowest BCUT2D eigenvalue weighted by Crippen LogP contribution is -2.26. The van der Waals surface area contributed by atoms with E-state index in [-0.39, 0.29) is 57.2 Å². The van der Waals surface area contributed by atoms with Crippen LogP contribution in [0.15, 0.2) is 190 Å². The van der Waals surface area contributed by atoms with Crippen molar-refractivity contribution in [1.29, 1.82) is 0 Å². The van der Waals surface area contributed by atoms with Crippen molar-refractivity contribution in [3.8, 4) is 23.0 Å². The number of carbonyl (C=O) groups is 4. The largest absolute Gasteiger partial charge is 0.491 e. The van der Waals surface area contributed by atoms with E-state index in [9.17, 15) is 39.6 Å². The lowest BCUT2D eigenvalue weighted by atomic mass is 9.93. The van der Waals surface area contributed by atoms with E-state index in [0.29, 0.717) is 50.5 Å². The number of aliphatic hydroxyl groups is 4. The average Bonchev–Trinajstić information content (AvgIpc) is 1.54. The van der Waals surface area contributed by atoms with Crippen LogP contribution in [0.1, 0.15) is 70.0 Å². The fourth-order valence-electron chi connectivity index (χ4n) is 8.79. The number of ether oxygens (including phenoxy) is 8. The SMILES string of the molecule is C=Cc1ccc(/C=C/C(=O)OCC(O)COc2ccc3ccc(OCC(O)COC(=O)c4ccc(C=C)cc4)c(Cc4c(OCC(O)COC(=O)c5ccc(C=C)cc5)ccc5ccc(OCC(O)COC(=O)c6ccc(C=C)cc6)cc45)c3c2)cc1. The van der Waals surface area contributed by atoms with E-state index in [1.165, 1.54) is 6.08 Å². The van der Waals surface area contributed by atoms with Crippen molar-refractivity contribution in [2.24, 2.45) is 0 Å². The summed E-state index contributed by atoms with van der Waals surface area (Å²) < 4.78 is 46.6. The Morgan fingerprint density at radius 3 is 1.03 bits per heavy atom. The molecule has 8 rings (SSSR count). The summed E-state index contributed by atoms with van der Waals surface area (Å²) in [6, 6.07) is 44.9. The monoisotopic (exact) mass is 1170 g/mol. The maximum absolute atomic E-state index is 13.0. The molecule has 87 heavy (non-hydrogen) atoms. The van der Waals surface area contributed by atoms with Gasteiger partial charge in [-0.05, 0) is 128 Å². The highest BCUT2D eigenvalue weighted by molar-refractivity contribution is 5.94. The van der Waals surface area contributed by atoms with E-state index in [2.05, 4.69) is 26.3 Å². The maximum Gasteiger partial charge on any atom is 0.338 e. The predicted molar refractivity (Wildman–Crippen MR) is 334 cm³/mol. The van der Waals surface area contributed by atoms with Crippen molar-refractivity contribution in [2.45, 2.75) is 30.8 Å². The molecule has 0 radical (unpaired) electrons. The first-order valence-corrected chi connectivity index (χ1v) is 27.8. The first-order valence-electron chi connectivity index (χ1n) is 27.8. The summed E-state index contributed by atoms with van der Waals surface area (Å²) in [4.78, 5) is 51.3. The third-order valence-electron chi connectivity index (χ3n) is 13.6. The first-order chi connectivity index (χ1) is 42.2. The van der Waals surface area contributed by atoms with Gasteiger partial charge < -0.3 is 58.3 Å². The first kappa shape index (κ1) is 62.9. The van der Waals surface area contributed by atoms with Crippen molar-refractivity contribution >= 4 is 75.8 Å². The maximum atomic E-state index is 13.0. The van der Waals surface area contributed by atoms with Gasteiger partial charge in [0, 0.05) is 23.6 Å². The summed E-state index contributed by atoms with van der Waals surface area (Å²) in [5, 5.41) is 47.0. The minimum Gasteiger partial charge on any atom is -0.491 e. The van der Waals surface area contributed by atoms with E-state index in [4.69, 9.17) is 37.9 Å². The molecule has 0 bridgehead atoms. The Morgan fingerprint density at radius 1 is 0.368 bits per heavy atom. The highest BCUT2D eigenvalue weighted by atomic mass is 16.6. The quantitative estimate of drug-likeness (QED) is 0.0180. The van der Waals surface area contributed by atoms with Gasteiger partial charge in [-0.3, -0.25) is 0 Å². The van der Waals surface area contributed by atoms with E-state index in [0.717, 1.165) is 38.6 Å². The summed E-state index contributed by atoms with van der Waals surface area (Å²) in [5.74, 6) is -1.30. The molecular weight excluding hydrogens is 1110 g/mol. The normalized spacial score (nSPS) is 12.5. The summed E-state index contributed by atoms with van der Waals surface area (Å²) >= 11 is 0. The van der Waals surface area contributed by atoms with Gasteiger partial charge in [-0.25, -0.2) is 19.2 Å². The van der Waals surface area contributed by atoms with Crippen molar-refractivity contribution in [3.63, 3.8) is 0 Å². The molecule has 4 unspecified atom stereocenters. The molecule has 16 heteroatoms. The highest BCUT2D eigenvalue weighted by Gasteiger charge is 2.22. The predicted octanol–water partition coefficient (Wildman–Crippen LogP) is 10.9. The van der Waals surface area contributed by atoms with Crippen molar-refractivity contribution in [3.05, 3.63) is 246 Å². The third kappa shape index (κ3) is 18.2. The molecule has 0 heterocycles. The van der Waals surface area contributed by atoms with Crippen LogP contribution >= 0.6 is 0 Å². The van der Waals surface area contributed by atoms with Crippen LogP contribution in [0, 0.1) is 0 Å². The molecule has 0 amide bonds. The van der Waals surface area contributed by atoms with Gasteiger partial charge in [0.05, 0.1) is 16.7 Å². The standard InChI is InChI=1S/C71H66O16/c1-5-46-9-11-50(12-10-46)19-34-68(76)84-42-56(72)38-80-60-30-26-51-28-32-66(82-40-58(74)44-86-70(78)54-22-15-48(7-3)16-23-54)64(62(51)35-60)37-65-63-36-61(81-39-57(73)43-85-69(77)53-20-13-47(6-2)14-21-53)31-27-52(63)29-33-67(65)83-41-59(75)45-87-71(79)55-24-17-49(8-4)18-25-55/h5-36,56-59,72-75H,1-4,37-45H2/b34-19+. The fourth-order valence-corrected chi connectivity index (χ4v) is 8.79. The minimum absolute atomic E-state index is 0.0423. The zero-order valence-electron chi connectivity index (χ0n) is 47.7. The lowest BCUT2D eigenvalue weighted by Gasteiger charge is -2.21. The van der Waals surface area contributed by atoms with Crippen LogP contribution in [0.2, 0.25) is 0 Å². The fraction of sp³-hybridized carbons (Fsp3) is 0.183. The van der Waals surface area contributed by atoms with E-state index in [1.807, 2.05) is 48.5 Å². The van der Waals surface area contributed by atoms with Gasteiger partial charge in [0.25, 0.3) is 0 Å². The number of esters is 4. The number of aliphatic hydroxyl groups excluding tert-OH is 4. The Hall–Kier alpha value is -10.1. The number of benzene rings is 8. The second-order valence-electron chi connectivity index (χ2n) is 20.0. The number of fused-ring (bicyclic) bond motifs is 2. The zero-order valence-corrected chi connectivity index (χ0v) is 47.7. The molecule has 16 nitrogen and oxygen atoms in total. The van der Waals surface area contributed by atoms with E-state index in [1.54, 1.807) is 140 Å². The molecule has 4 atom stereocenters. The van der Waals surface area contributed by atoms with Crippen LogP contribution in [0.3, 0.4) is 0 Å². The third-order valence-corrected chi connectivity index (χ3v) is 13.6. The summed E-state index contributed by atoms with van der Waals surface area (Å²) in [5.41, 5.74) is 6.13. The van der Waals surface area contributed by atoms with Gasteiger partial charge >= 0.3 is 23.9 Å². The molecule has 0 fully saturated rings. The number of hydrogen-bond acceptors (Lipinski definition) is 16. The Kier molecular flexibility index (Phi) is 22.5.